The van der Waals surface area contributed by atoms with Crippen molar-refractivity contribution in [2.75, 3.05) is 13.6 Å². The van der Waals surface area contributed by atoms with Gasteiger partial charge in [-0.05, 0) is 30.6 Å². The summed E-state index contributed by atoms with van der Waals surface area (Å²) in [4.78, 5) is 24.8. The third-order valence-electron chi connectivity index (χ3n) is 5.06. The molecule has 20 heavy (non-hydrogen) atoms. The minimum Gasteiger partial charge on any atom is -0.481 e. The third-order valence-corrected chi connectivity index (χ3v) is 5.06. The first-order valence-corrected chi connectivity index (χ1v) is 7.40. The lowest BCUT2D eigenvalue weighted by molar-refractivity contribution is -0.143. The molecule has 5 nitrogen and oxygen atoms in total. The van der Waals surface area contributed by atoms with Gasteiger partial charge in [-0.15, -0.1) is 0 Å². The van der Waals surface area contributed by atoms with Gasteiger partial charge in [0, 0.05) is 32.0 Å². The van der Waals surface area contributed by atoms with E-state index in [9.17, 15) is 9.59 Å². The fourth-order valence-electron chi connectivity index (χ4n) is 3.14. The lowest BCUT2D eigenvalue weighted by Gasteiger charge is -2.47. The molecule has 0 spiro atoms. The van der Waals surface area contributed by atoms with E-state index in [0.717, 1.165) is 12.8 Å². The summed E-state index contributed by atoms with van der Waals surface area (Å²) in [6.07, 6.45) is 2.30. The van der Waals surface area contributed by atoms with E-state index in [1.54, 1.807) is 11.9 Å². The summed E-state index contributed by atoms with van der Waals surface area (Å²) < 4.78 is 0. The zero-order valence-corrected chi connectivity index (χ0v) is 13.1. The van der Waals surface area contributed by atoms with Crippen molar-refractivity contribution in [3.05, 3.63) is 0 Å². The molecule has 0 aromatic rings. The van der Waals surface area contributed by atoms with E-state index >= 15 is 0 Å². The Hall–Kier alpha value is -1.10. The Bertz CT molecular complexity index is 368. The lowest BCUT2D eigenvalue weighted by atomic mass is 9.61. The Morgan fingerprint density at radius 3 is 2.50 bits per heavy atom. The monoisotopic (exact) mass is 284 g/mol. The van der Waals surface area contributed by atoms with Gasteiger partial charge in [-0.3, -0.25) is 9.59 Å². The largest absolute Gasteiger partial charge is 0.481 e. The summed E-state index contributed by atoms with van der Waals surface area (Å²) in [5.41, 5.74) is 6.00. The number of hydrogen-bond acceptors (Lipinski definition) is 3. The Morgan fingerprint density at radius 2 is 1.95 bits per heavy atom. The van der Waals surface area contributed by atoms with Crippen molar-refractivity contribution < 1.29 is 14.7 Å². The number of carboxylic acids is 1. The van der Waals surface area contributed by atoms with Crippen LogP contribution in [0.5, 0.6) is 0 Å². The van der Waals surface area contributed by atoms with Gasteiger partial charge in [0.25, 0.3) is 0 Å². The van der Waals surface area contributed by atoms with Crippen molar-refractivity contribution in [2.45, 2.75) is 52.5 Å². The summed E-state index contributed by atoms with van der Waals surface area (Å²) in [6, 6.07) is 0.159. The number of aliphatic carboxylic acids is 1. The minimum atomic E-state index is -0.816. The number of hydrogen-bond donors (Lipinski definition) is 2. The Kier molecular flexibility index (Phi) is 5.57. The van der Waals surface area contributed by atoms with Crippen molar-refractivity contribution in [3.8, 4) is 0 Å². The maximum Gasteiger partial charge on any atom is 0.303 e. The topological polar surface area (TPSA) is 83.6 Å². The SMILES string of the molecule is CC1C(N)CCC(C(=O)N(C)CCCC(=O)O)C1(C)C. The van der Waals surface area contributed by atoms with Crippen LogP contribution in [0, 0.1) is 17.3 Å². The highest BCUT2D eigenvalue weighted by Crippen LogP contribution is 2.45. The van der Waals surface area contributed by atoms with Crippen molar-refractivity contribution in [3.63, 3.8) is 0 Å². The van der Waals surface area contributed by atoms with Crippen LogP contribution in [0.2, 0.25) is 0 Å². The summed E-state index contributed by atoms with van der Waals surface area (Å²) in [5.74, 6) is -0.410. The molecule has 0 aromatic carbocycles. The average Bonchev–Trinajstić information content (AvgIpc) is 2.35. The van der Waals surface area contributed by atoms with Gasteiger partial charge in [-0.1, -0.05) is 20.8 Å². The molecule has 116 valence electrons. The zero-order chi connectivity index (χ0) is 15.5. The van der Waals surface area contributed by atoms with E-state index in [1.807, 2.05) is 0 Å². The molecule has 1 amide bonds. The van der Waals surface area contributed by atoms with Crippen LogP contribution in [0.1, 0.15) is 46.5 Å². The van der Waals surface area contributed by atoms with Crippen molar-refractivity contribution >= 4 is 11.9 Å². The first-order valence-electron chi connectivity index (χ1n) is 7.40. The second-order valence-corrected chi connectivity index (χ2v) is 6.66. The molecule has 3 N–H and O–H groups in total. The van der Waals surface area contributed by atoms with E-state index in [4.69, 9.17) is 10.8 Å². The summed E-state index contributed by atoms with van der Waals surface area (Å²) in [7, 11) is 1.76. The molecule has 1 rings (SSSR count). The smallest absolute Gasteiger partial charge is 0.303 e. The highest BCUT2D eigenvalue weighted by atomic mass is 16.4. The second kappa shape index (κ2) is 6.57. The van der Waals surface area contributed by atoms with Gasteiger partial charge in [0.05, 0.1) is 0 Å². The molecule has 0 saturated heterocycles. The maximum atomic E-state index is 12.6. The minimum absolute atomic E-state index is 0.0212. The molecule has 0 radical (unpaired) electrons. The quantitative estimate of drug-likeness (QED) is 0.805. The molecule has 1 saturated carbocycles. The van der Waals surface area contributed by atoms with Crippen molar-refractivity contribution in [1.82, 2.24) is 4.90 Å². The fraction of sp³-hybridized carbons (Fsp3) is 0.867. The number of nitrogens with two attached hydrogens (primary N) is 1. The van der Waals surface area contributed by atoms with Gasteiger partial charge < -0.3 is 15.7 Å². The molecule has 0 aromatic heterocycles. The highest BCUT2D eigenvalue weighted by Gasteiger charge is 2.45. The van der Waals surface area contributed by atoms with Crippen LogP contribution < -0.4 is 5.73 Å². The molecule has 3 unspecified atom stereocenters. The van der Waals surface area contributed by atoms with Gasteiger partial charge in [0.15, 0.2) is 0 Å². The van der Waals surface area contributed by atoms with Gasteiger partial charge >= 0.3 is 5.97 Å². The van der Waals surface area contributed by atoms with Crippen LogP contribution in [0.4, 0.5) is 0 Å². The molecule has 1 aliphatic carbocycles. The van der Waals surface area contributed by atoms with E-state index in [-0.39, 0.29) is 29.7 Å². The third kappa shape index (κ3) is 3.72. The molecule has 1 aliphatic rings. The maximum absolute atomic E-state index is 12.6. The fourth-order valence-corrected chi connectivity index (χ4v) is 3.14. The molecule has 0 aliphatic heterocycles. The molecule has 0 bridgehead atoms. The molecular weight excluding hydrogens is 256 g/mol. The number of rotatable bonds is 5. The number of carbonyl (C=O) groups excluding carboxylic acids is 1. The number of nitrogens with zero attached hydrogens (tertiary/aromatic N) is 1. The number of carboxylic acid groups (broad SMARTS) is 1. The average molecular weight is 284 g/mol. The predicted molar refractivity (Wildman–Crippen MR) is 78.2 cm³/mol. The van der Waals surface area contributed by atoms with Gasteiger partial charge in [-0.2, -0.15) is 0 Å². The summed E-state index contributed by atoms with van der Waals surface area (Å²) >= 11 is 0. The Morgan fingerprint density at radius 1 is 1.35 bits per heavy atom. The van der Waals surface area contributed by atoms with Crippen molar-refractivity contribution in [2.24, 2.45) is 23.0 Å². The van der Waals surface area contributed by atoms with Crippen LogP contribution in [-0.4, -0.2) is 41.5 Å². The zero-order valence-electron chi connectivity index (χ0n) is 13.1. The van der Waals surface area contributed by atoms with Crippen LogP contribution in [0.15, 0.2) is 0 Å². The van der Waals surface area contributed by atoms with Crippen LogP contribution in [-0.2, 0) is 9.59 Å². The van der Waals surface area contributed by atoms with Gasteiger partial charge in [-0.25, -0.2) is 0 Å². The molecule has 3 atom stereocenters. The normalized spacial score (nSPS) is 28.9. The number of amides is 1. The van der Waals surface area contributed by atoms with Crippen LogP contribution >= 0.6 is 0 Å². The van der Waals surface area contributed by atoms with Crippen LogP contribution in [0.3, 0.4) is 0 Å². The first-order chi connectivity index (χ1) is 9.17. The summed E-state index contributed by atoms with van der Waals surface area (Å²) in [5, 5.41) is 8.64. The molecule has 1 fully saturated rings. The molecule has 0 heterocycles. The molecule has 5 heteroatoms. The highest BCUT2D eigenvalue weighted by molar-refractivity contribution is 5.79. The van der Waals surface area contributed by atoms with E-state index < -0.39 is 5.97 Å². The number of carbonyl (C=O) groups is 2. The van der Waals surface area contributed by atoms with E-state index in [1.165, 1.54) is 0 Å². The van der Waals surface area contributed by atoms with Crippen molar-refractivity contribution in [1.29, 1.82) is 0 Å². The summed E-state index contributed by atoms with van der Waals surface area (Å²) in [6.45, 7) is 6.85. The molecular formula is C15H28N2O3. The Labute approximate surface area is 121 Å². The van der Waals surface area contributed by atoms with E-state index in [2.05, 4.69) is 20.8 Å². The lowest BCUT2D eigenvalue weighted by Crippen LogP contribution is -2.52. The van der Waals surface area contributed by atoms with E-state index in [0.29, 0.717) is 18.9 Å². The standard InChI is InChI=1S/C15H28N2O3/c1-10-12(16)8-7-11(15(10,2)3)14(20)17(4)9-5-6-13(18)19/h10-12H,5-9,16H2,1-4H3,(H,18,19). The Balaban J connectivity index is 2.64. The van der Waals surface area contributed by atoms with Gasteiger partial charge in [0.1, 0.15) is 0 Å². The first kappa shape index (κ1) is 17.0. The van der Waals surface area contributed by atoms with Crippen LogP contribution in [0.25, 0.3) is 0 Å². The second-order valence-electron chi connectivity index (χ2n) is 6.66. The van der Waals surface area contributed by atoms with Gasteiger partial charge in [0.2, 0.25) is 5.91 Å². The predicted octanol–water partition coefficient (Wildman–Crippen LogP) is 1.71.